The summed E-state index contributed by atoms with van der Waals surface area (Å²) in [6, 6.07) is 11.5. The average molecular weight is 355 g/mol. The van der Waals surface area contributed by atoms with Crippen LogP contribution in [0.2, 0.25) is 0 Å². The number of aryl methyl sites for hydroxylation is 1. The Hall–Kier alpha value is -2.80. The molecule has 2 N–H and O–H groups in total. The normalized spacial score (nSPS) is 11.2. The Labute approximate surface area is 148 Å². The number of nitrogen functional groups attached to an aromatic ring is 1. The Morgan fingerprint density at radius 3 is 2.68 bits per heavy atom. The van der Waals surface area contributed by atoms with E-state index in [1.807, 2.05) is 43.3 Å². The maximum absolute atomic E-state index is 5.76. The summed E-state index contributed by atoms with van der Waals surface area (Å²) in [4.78, 5) is 4.23. The molecule has 0 saturated carbocycles. The molecule has 2 heterocycles. The van der Waals surface area contributed by atoms with Gasteiger partial charge in [-0.3, -0.25) is 0 Å². The molecule has 0 aliphatic heterocycles. The molecular weight excluding hydrogens is 338 g/mol. The van der Waals surface area contributed by atoms with Crippen molar-refractivity contribution in [3.05, 3.63) is 42.1 Å². The molecule has 0 saturated heterocycles. The van der Waals surface area contributed by atoms with Crippen LogP contribution in [0.1, 0.15) is 12.1 Å². The second-order valence-electron chi connectivity index (χ2n) is 5.66. The monoisotopic (exact) mass is 355 g/mol. The second-order valence-corrected chi connectivity index (χ2v) is 6.72. The minimum atomic E-state index is 0.564. The van der Waals surface area contributed by atoms with Crippen molar-refractivity contribution >= 4 is 37.7 Å². The van der Waals surface area contributed by atoms with E-state index in [-0.39, 0.29) is 0 Å². The van der Waals surface area contributed by atoms with Crippen molar-refractivity contribution in [2.75, 3.05) is 18.9 Å². The first-order valence-electron chi connectivity index (χ1n) is 7.97. The molecule has 0 aliphatic carbocycles. The summed E-state index contributed by atoms with van der Waals surface area (Å²) < 4.78 is 17.8. The number of ether oxygens (including phenoxy) is 2. The minimum Gasteiger partial charge on any atom is -0.493 e. The van der Waals surface area contributed by atoms with Gasteiger partial charge in [0.15, 0.2) is 10.7 Å². The molecule has 0 fully saturated rings. The van der Waals surface area contributed by atoms with Crippen LogP contribution < -0.4 is 15.2 Å². The van der Waals surface area contributed by atoms with Crippen LogP contribution in [0.3, 0.4) is 0 Å². The number of hydrogen-bond acceptors (Lipinski definition) is 7. The molecule has 0 atom stereocenters. The number of rotatable bonds is 6. The Morgan fingerprint density at radius 1 is 1.08 bits per heavy atom. The lowest BCUT2D eigenvalue weighted by Gasteiger charge is -2.08. The van der Waals surface area contributed by atoms with Crippen LogP contribution >= 0.6 is 11.3 Å². The van der Waals surface area contributed by atoms with Gasteiger partial charge >= 0.3 is 0 Å². The number of anilines is 1. The molecule has 6 nitrogen and oxygen atoms in total. The summed E-state index contributed by atoms with van der Waals surface area (Å²) in [5, 5.41) is 5.52. The van der Waals surface area contributed by atoms with E-state index in [1.165, 1.54) is 11.3 Å². The van der Waals surface area contributed by atoms with E-state index in [2.05, 4.69) is 10.1 Å². The maximum Gasteiger partial charge on any atom is 0.181 e. The van der Waals surface area contributed by atoms with E-state index in [4.69, 9.17) is 19.7 Å². The Kier molecular flexibility index (Phi) is 4.15. The highest BCUT2D eigenvalue weighted by molar-refractivity contribution is 7.22. The molecule has 0 spiro atoms. The second kappa shape index (κ2) is 6.60. The number of fused-ring (bicyclic) bond motifs is 2. The zero-order valence-electron chi connectivity index (χ0n) is 13.7. The van der Waals surface area contributed by atoms with Crippen LogP contribution in [0.4, 0.5) is 5.13 Å². The van der Waals surface area contributed by atoms with E-state index in [9.17, 15) is 0 Å². The van der Waals surface area contributed by atoms with E-state index in [1.54, 1.807) is 0 Å². The number of nitrogens with zero attached hydrogens (tertiary/aromatic N) is 2. The van der Waals surface area contributed by atoms with Gasteiger partial charge in [0, 0.05) is 17.9 Å². The van der Waals surface area contributed by atoms with Gasteiger partial charge in [-0.05, 0) is 37.3 Å². The van der Waals surface area contributed by atoms with Gasteiger partial charge < -0.3 is 19.7 Å². The van der Waals surface area contributed by atoms with Crippen LogP contribution in [0.25, 0.3) is 21.2 Å². The first-order chi connectivity index (χ1) is 12.2. The number of hydrogen-bond donors (Lipinski definition) is 1. The van der Waals surface area contributed by atoms with Crippen LogP contribution in [0.5, 0.6) is 11.5 Å². The highest BCUT2D eigenvalue weighted by atomic mass is 32.1. The van der Waals surface area contributed by atoms with Crippen LogP contribution in [-0.2, 0) is 0 Å². The molecule has 25 heavy (non-hydrogen) atoms. The van der Waals surface area contributed by atoms with Gasteiger partial charge in [0.2, 0.25) is 0 Å². The maximum atomic E-state index is 5.76. The molecule has 2 aromatic carbocycles. The molecule has 0 bridgehead atoms. The van der Waals surface area contributed by atoms with Crippen molar-refractivity contribution < 1.29 is 14.0 Å². The summed E-state index contributed by atoms with van der Waals surface area (Å²) in [5.41, 5.74) is 8.23. The zero-order valence-corrected chi connectivity index (χ0v) is 14.5. The Bertz CT molecular complexity index is 1010. The fourth-order valence-electron chi connectivity index (χ4n) is 2.59. The molecule has 7 heteroatoms. The lowest BCUT2D eigenvalue weighted by Crippen LogP contribution is -2.04. The SMILES string of the molecule is Cc1noc2cc(OCCCOc3ccc4nc(N)sc4c3)ccc12. The third kappa shape index (κ3) is 3.36. The molecule has 4 rings (SSSR count). The first kappa shape index (κ1) is 15.7. The van der Waals surface area contributed by atoms with Crippen LogP contribution in [-0.4, -0.2) is 23.4 Å². The Balaban J connectivity index is 1.28. The van der Waals surface area contributed by atoms with Gasteiger partial charge in [0.05, 0.1) is 29.1 Å². The van der Waals surface area contributed by atoms with Crippen molar-refractivity contribution in [2.45, 2.75) is 13.3 Å². The summed E-state index contributed by atoms with van der Waals surface area (Å²) in [5.74, 6) is 1.58. The van der Waals surface area contributed by atoms with E-state index in [0.29, 0.717) is 18.3 Å². The van der Waals surface area contributed by atoms with Crippen molar-refractivity contribution in [3.8, 4) is 11.5 Å². The molecule has 0 aliphatic rings. The molecule has 4 aromatic rings. The van der Waals surface area contributed by atoms with Crippen LogP contribution in [0, 0.1) is 6.92 Å². The van der Waals surface area contributed by atoms with Gasteiger partial charge in [-0.25, -0.2) is 4.98 Å². The summed E-state index contributed by atoms with van der Waals surface area (Å²) in [6.07, 6.45) is 0.774. The number of benzene rings is 2. The molecule has 0 unspecified atom stereocenters. The van der Waals surface area contributed by atoms with E-state index < -0.39 is 0 Å². The van der Waals surface area contributed by atoms with Crippen LogP contribution in [0.15, 0.2) is 40.9 Å². The van der Waals surface area contributed by atoms with Crippen molar-refractivity contribution in [1.29, 1.82) is 0 Å². The standard InChI is InChI=1S/C18H17N3O3S/c1-11-14-5-3-12(9-16(14)24-21-11)22-7-2-8-23-13-4-6-15-17(10-13)25-18(19)20-15/h3-6,9-10H,2,7-8H2,1H3,(H2,19,20). The predicted molar refractivity (Wildman–Crippen MR) is 98.4 cm³/mol. The van der Waals surface area contributed by atoms with Gasteiger partial charge in [0.25, 0.3) is 0 Å². The average Bonchev–Trinajstić information content (AvgIpc) is 3.16. The molecular formula is C18H17N3O3S. The quantitative estimate of drug-likeness (QED) is 0.523. The van der Waals surface area contributed by atoms with Gasteiger partial charge in [-0.1, -0.05) is 16.5 Å². The summed E-state index contributed by atoms with van der Waals surface area (Å²) in [6.45, 7) is 3.06. The summed E-state index contributed by atoms with van der Waals surface area (Å²) >= 11 is 1.46. The van der Waals surface area contributed by atoms with Crippen molar-refractivity contribution in [3.63, 3.8) is 0 Å². The fraction of sp³-hybridized carbons (Fsp3) is 0.222. The van der Waals surface area contributed by atoms with Gasteiger partial charge in [-0.15, -0.1) is 0 Å². The molecule has 0 amide bonds. The van der Waals surface area contributed by atoms with Crippen molar-refractivity contribution in [1.82, 2.24) is 10.1 Å². The van der Waals surface area contributed by atoms with Crippen molar-refractivity contribution in [2.24, 2.45) is 0 Å². The smallest absolute Gasteiger partial charge is 0.181 e. The lowest BCUT2D eigenvalue weighted by molar-refractivity contribution is 0.247. The Morgan fingerprint density at radius 2 is 1.84 bits per heavy atom. The minimum absolute atomic E-state index is 0.564. The number of thiazole rings is 1. The highest BCUT2D eigenvalue weighted by Gasteiger charge is 2.06. The molecule has 2 aromatic heterocycles. The zero-order chi connectivity index (χ0) is 17.2. The largest absolute Gasteiger partial charge is 0.493 e. The third-order valence-corrected chi connectivity index (χ3v) is 4.67. The van der Waals surface area contributed by atoms with E-state index >= 15 is 0 Å². The first-order valence-corrected chi connectivity index (χ1v) is 8.78. The molecule has 128 valence electrons. The van der Waals surface area contributed by atoms with Gasteiger partial charge in [0.1, 0.15) is 11.5 Å². The van der Waals surface area contributed by atoms with E-state index in [0.717, 1.165) is 44.8 Å². The number of nitrogens with two attached hydrogens (primary N) is 1. The molecule has 0 radical (unpaired) electrons. The predicted octanol–water partition coefficient (Wildman–Crippen LogP) is 4.18. The fourth-order valence-corrected chi connectivity index (χ4v) is 3.35. The third-order valence-electron chi connectivity index (χ3n) is 3.83. The summed E-state index contributed by atoms with van der Waals surface area (Å²) in [7, 11) is 0. The topological polar surface area (TPSA) is 83.4 Å². The van der Waals surface area contributed by atoms with Gasteiger partial charge in [-0.2, -0.15) is 0 Å². The lowest BCUT2D eigenvalue weighted by atomic mass is 10.2. The number of aromatic nitrogens is 2. The highest BCUT2D eigenvalue weighted by Crippen LogP contribution is 2.27.